The first-order chi connectivity index (χ1) is 14.0. The number of benzene rings is 1. The van der Waals surface area contributed by atoms with Gasteiger partial charge in [0.15, 0.2) is 0 Å². The zero-order valence-electron chi connectivity index (χ0n) is 21.0. The Morgan fingerprint density at radius 3 is 1.90 bits per heavy atom. The molecule has 0 saturated carbocycles. The maximum Gasteiger partial charge on any atom is 0.0709 e. The van der Waals surface area contributed by atoms with Crippen molar-refractivity contribution >= 4 is 11.4 Å². The van der Waals surface area contributed by atoms with Gasteiger partial charge >= 0.3 is 0 Å². The van der Waals surface area contributed by atoms with E-state index in [9.17, 15) is 0 Å². The highest BCUT2D eigenvalue weighted by Crippen LogP contribution is 2.32. The quantitative estimate of drug-likeness (QED) is 0.272. The van der Waals surface area contributed by atoms with Gasteiger partial charge in [-0.15, -0.1) is 6.58 Å². The third kappa shape index (κ3) is 7.15. The summed E-state index contributed by atoms with van der Waals surface area (Å²) in [6.45, 7) is 29.5. The van der Waals surface area contributed by atoms with Crippen molar-refractivity contribution in [2.75, 3.05) is 11.9 Å². The highest BCUT2D eigenvalue weighted by molar-refractivity contribution is 6.01. The molecule has 0 saturated heterocycles. The summed E-state index contributed by atoms with van der Waals surface area (Å²) in [5.74, 6) is 2.28. The van der Waals surface area contributed by atoms with Crippen LogP contribution in [-0.4, -0.2) is 18.3 Å². The van der Waals surface area contributed by atoms with Crippen molar-refractivity contribution in [2.24, 2.45) is 22.7 Å². The molecule has 0 amide bonds. The Morgan fingerprint density at radius 1 is 0.967 bits per heavy atom. The van der Waals surface area contributed by atoms with Crippen molar-refractivity contribution in [3.8, 4) is 0 Å². The Labute approximate surface area is 187 Å². The van der Waals surface area contributed by atoms with E-state index in [4.69, 9.17) is 4.99 Å². The number of aliphatic imine (C=N–C) groups is 1. The summed E-state index contributed by atoms with van der Waals surface area (Å²) in [7, 11) is 0. The van der Waals surface area contributed by atoms with Gasteiger partial charge in [-0.05, 0) is 46.8 Å². The lowest BCUT2D eigenvalue weighted by atomic mass is 9.85. The molecule has 168 valence electrons. The SMILES string of the molecule is C=CCC(CNc1c(C(C)C)cccc1C(C)C)N=C(C(=C)C(C)C)C(C)C(C)C. The lowest BCUT2D eigenvalue weighted by Crippen LogP contribution is -2.26. The Hall–Kier alpha value is -1.83. The topological polar surface area (TPSA) is 24.4 Å². The summed E-state index contributed by atoms with van der Waals surface area (Å²) in [4.78, 5) is 5.26. The van der Waals surface area contributed by atoms with E-state index in [0.717, 1.165) is 18.5 Å². The molecular formula is C28H46N2. The first kappa shape index (κ1) is 26.2. The van der Waals surface area contributed by atoms with Crippen LogP contribution in [-0.2, 0) is 0 Å². The van der Waals surface area contributed by atoms with Crippen LogP contribution in [0, 0.1) is 17.8 Å². The molecule has 1 aromatic rings. The number of hydrogen-bond acceptors (Lipinski definition) is 2. The molecule has 1 N–H and O–H groups in total. The molecule has 1 rings (SSSR count). The van der Waals surface area contributed by atoms with Crippen LogP contribution >= 0.6 is 0 Å². The van der Waals surface area contributed by atoms with Crippen molar-refractivity contribution in [1.82, 2.24) is 0 Å². The number of nitrogens with zero attached hydrogens (tertiary/aromatic N) is 1. The smallest absolute Gasteiger partial charge is 0.0709 e. The molecule has 30 heavy (non-hydrogen) atoms. The molecule has 0 aliphatic rings. The minimum atomic E-state index is 0.148. The summed E-state index contributed by atoms with van der Waals surface area (Å²) in [5.41, 5.74) is 6.38. The van der Waals surface area contributed by atoms with Gasteiger partial charge in [0.1, 0.15) is 0 Å². The zero-order chi connectivity index (χ0) is 23.0. The van der Waals surface area contributed by atoms with Crippen molar-refractivity contribution in [2.45, 2.75) is 86.6 Å². The van der Waals surface area contributed by atoms with E-state index in [1.54, 1.807) is 0 Å². The Kier molecular flexibility index (Phi) is 10.6. The Morgan fingerprint density at radius 2 is 1.50 bits per heavy atom. The van der Waals surface area contributed by atoms with Gasteiger partial charge in [0.25, 0.3) is 0 Å². The predicted molar refractivity (Wildman–Crippen MR) is 137 cm³/mol. The van der Waals surface area contributed by atoms with Crippen molar-refractivity contribution in [3.05, 3.63) is 54.1 Å². The van der Waals surface area contributed by atoms with E-state index >= 15 is 0 Å². The first-order valence-electron chi connectivity index (χ1n) is 11.8. The number of hydrogen-bond donors (Lipinski definition) is 1. The molecule has 0 heterocycles. The second kappa shape index (κ2) is 12.1. The average Bonchev–Trinajstić information content (AvgIpc) is 2.68. The van der Waals surface area contributed by atoms with E-state index in [-0.39, 0.29) is 6.04 Å². The van der Waals surface area contributed by atoms with Crippen LogP contribution in [0.5, 0.6) is 0 Å². The molecule has 0 aliphatic carbocycles. The molecule has 0 aliphatic heterocycles. The first-order valence-corrected chi connectivity index (χ1v) is 11.8. The van der Waals surface area contributed by atoms with Gasteiger partial charge < -0.3 is 5.32 Å². The summed E-state index contributed by atoms with van der Waals surface area (Å²) >= 11 is 0. The standard InChI is InChI=1S/C28H46N2/c1-12-14-24(30-27(22(10)18(2)3)23(11)19(4)5)17-29-28-25(20(6)7)15-13-16-26(28)21(8)9/h12-13,15-16,18-21,23-24,29H,1,10,14,17H2,2-9,11H3. The van der Waals surface area contributed by atoms with E-state index in [2.05, 4.69) is 99.0 Å². The molecule has 2 atom stereocenters. The van der Waals surface area contributed by atoms with E-state index in [1.165, 1.54) is 22.5 Å². The molecule has 0 aromatic heterocycles. The van der Waals surface area contributed by atoms with Crippen LogP contribution < -0.4 is 5.32 Å². The molecule has 0 fully saturated rings. The molecule has 0 radical (unpaired) electrons. The Balaban J connectivity index is 3.28. The van der Waals surface area contributed by atoms with Crippen molar-refractivity contribution < 1.29 is 0 Å². The molecule has 2 heteroatoms. The van der Waals surface area contributed by atoms with E-state index < -0.39 is 0 Å². The fourth-order valence-electron chi connectivity index (χ4n) is 3.65. The summed E-state index contributed by atoms with van der Waals surface area (Å²) in [5, 5.41) is 3.79. The fourth-order valence-corrected chi connectivity index (χ4v) is 3.65. The number of rotatable bonds is 12. The third-order valence-corrected chi connectivity index (χ3v) is 6.11. The monoisotopic (exact) mass is 410 g/mol. The lowest BCUT2D eigenvalue weighted by Gasteiger charge is -2.26. The van der Waals surface area contributed by atoms with Crippen LogP contribution in [0.25, 0.3) is 0 Å². The van der Waals surface area contributed by atoms with Crippen molar-refractivity contribution in [3.63, 3.8) is 0 Å². The maximum atomic E-state index is 5.26. The minimum absolute atomic E-state index is 0.148. The summed E-state index contributed by atoms with van der Waals surface area (Å²) in [6.07, 6.45) is 2.84. The second-order valence-corrected chi connectivity index (χ2v) is 9.91. The van der Waals surface area contributed by atoms with Crippen LogP contribution in [0.15, 0.2) is 48.0 Å². The normalized spacial score (nSPS) is 14.5. The van der Waals surface area contributed by atoms with Gasteiger partial charge in [0, 0.05) is 23.9 Å². The molecule has 0 bridgehead atoms. The highest BCUT2D eigenvalue weighted by Gasteiger charge is 2.21. The number of allylic oxidation sites excluding steroid dienone is 1. The van der Waals surface area contributed by atoms with Crippen LogP contribution in [0.4, 0.5) is 5.69 Å². The molecule has 1 aromatic carbocycles. The van der Waals surface area contributed by atoms with Gasteiger partial charge in [-0.25, -0.2) is 0 Å². The van der Waals surface area contributed by atoms with Crippen LogP contribution in [0.3, 0.4) is 0 Å². The van der Waals surface area contributed by atoms with E-state index in [0.29, 0.717) is 29.6 Å². The third-order valence-electron chi connectivity index (χ3n) is 6.11. The summed E-state index contributed by atoms with van der Waals surface area (Å²) in [6, 6.07) is 6.83. The van der Waals surface area contributed by atoms with Gasteiger partial charge in [0.05, 0.1) is 6.04 Å². The maximum absolute atomic E-state index is 5.26. The molecular weight excluding hydrogens is 364 g/mol. The fraction of sp³-hybridized carbons (Fsp3) is 0.607. The van der Waals surface area contributed by atoms with Crippen LogP contribution in [0.2, 0.25) is 0 Å². The molecule has 0 spiro atoms. The van der Waals surface area contributed by atoms with Gasteiger partial charge in [-0.1, -0.05) is 93.2 Å². The van der Waals surface area contributed by atoms with Gasteiger partial charge in [-0.3, -0.25) is 4.99 Å². The second-order valence-electron chi connectivity index (χ2n) is 9.91. The Bertz CT molecular complexity index is 696. The number of anilines is 1. The number of para-hydroxylation sites is 1. The predicted octanol–water partition coefficient (Wildman–Crippen LogP) is 8.24. The largest absolute Gasteiger partial charge is 0.382 e. The lowest BCUT2D eigenvalue weighted by molar-refractivity contribution is 0.523. The van der Waals surface area contributed by atoms with E-state index in [1.807, 2.05) is 6.08 Å². The minimum Gasteiger partial charge on any atom is -0.382 e. The zero-order valence-corrected chi connectivity index (χ0v) is 21.0. The van der Waals surface area contributed by atoms with Gasteiger partial charge in [0.2, 0.25) is 0 Å². The average molecular weight is 411 g/mol. The molecule has 2 nitrogen and oxygen atoms in total. The summed E-state index contributed by atoms with van der Waals surface area (Å²) < 4.78 is 0. The highest BCUT2D eigenvalue weighted by atomic mass is 14.9. The molecule has 2 unspecified atom stereocenters. The van der Waals surface area contributed by atoms with Crippen molar-refractivity contribution in [1.29, 1.82) is 0 Å². The van der Waals surface area contributed by atoms with Gasteiger partial charge in [-0.2, -0.15) is 0 Å². The number of nitrogens with one attached hydrogen (secondary N) is 1. The van der Waals surface area contributed by atoms with Crippen LogP contribution in [0.1, 0.15) is 91.7 Å².